The topological polar surface area (TPSA) is 36.0 Å². The van der Waals surface area contributed by atoms with E-state index in [1.165, 1.54) is 17.0 Å². The maximum atomic E-state index is 13.5. The van der Waals surface area contributed by atoms with Crippen molar-refractivity contribution in [2.24, 2.45) is 0 Å². The third-order valence-electron chi connectivity index (χ3n) is 7.27. The molecule has 0 N–H and O–H groups in total. The number of nitrogens with zero attached hydrogens (tertiary/aromatic N) is 3. The van der Waals surface area contributed by atoms with Gasteiger partial charge in [-0.1, -0.05) is 12.1 Å². The Kier molecular flexibility index (Phi) is 12.5. The second-order valence-corrected chi connectivity index (χ2v) is 10.6. The minimum absolute atomic E-state index is 0. The van der Waals surface area contributed by atoms with Gasteiger partial charge in [0.15, 0.2) is 0 Å². The lowest BCUT2D eigenvalue weighted by atomic mass is 9.99. The van der Waals surface area contributed by atoms with Crippen molar-refractivity contribution in [2.75, 3.05) is 45.8 Å². The Labute approximate surface area is 252 Å². The summed E-state index contributed by atoms with van der Waals surface area (Å²) in [6, 6.07) is 6.06. The van der Waals surface area contributed by atoms with Gasteiger partial charge in [0.05, 0.1) is 23.3 Å². The van der Waals surface area contributed by atoms with Gasteiger partial charge in [-0.3, -0.25) is 14.6 Å². The molecule has 1 amide bonds. The lowest BCUT2D eigenvalue weighted by molar-refractivity contribution is -0.143. The zero-order valence-electron chi connectivity index (χ0n) is 23.1. The molecule has 14 heteroatoms. The Hall–Kier alpha value is -2.12. The molecule has 0 unspecified atom stereocenters. The van der Waals surface area contributed by atoms with Crippen LogP contribution in [0.5, 0.6) is 0 Å². The third-order valence-corrected chi connectivity index (χ3v) is 7.27. The maximum absolute atomic E-state index is 13.5. The van der Waals surface area contributed by atoms with Crippen molar-refractivity contribution in [3.05, 3.63) is 70.5 Å². The predicted molar refractivity (Wildman–Crippen MR) is 149 cm³/mol. The van der Waals surface area contributed by atoms with Crippen molar-refractivity contribution in [3.8, 4) is 0 Å². The highest BCUT2D eigenvalue weighted by Gasteiger charge is 2.39. The van der Waals surface area contributed by atoms with E-state index in [9.17, 15) is 35.5 Å². The van der Waals surface area contributed by atoms with Crippen LogP contribution in [0.3, 0.4) is 0 Å². The van der Waals surface area contributed by atoms with E-state index in [1.807, 2.05) is 13.8 Å². The first kappa shape index (κ1) is 36.1. The lowest BCUT2D eigenvalue weighted by Crippen LogP contribution is -2.57. The molecule has 2 saturated heterocycles. The molecule has 0 bridgehead atoms. The first-order valence-electron chi connectivity index (χ1n) is 13.1. The number of carbonyl (C=O) groups is 1. The molecule has 2 fully saturated rings. The zero-order chi connectivity index (χ0) is 29.2. The molecule has 0 radical (unpaired) electrons. The molecule has 0 spiro atoms. The average molecular weight is 648 g/mol. The van der Waals surface area contributed by atoms with Crippen LogP contribution >= 0.6 is 24.8 Å². The van der Waals surface area contributed by atoms with Crippen LogP contribution in [-0.4, -0.2) is 84.7 Å². The van der Waals surface area contributed by atoms with Gasteiger partial charge in [-0.2, -0.15) is 26.3 Å². The van der Waals surface area contributed by atoms with Gasteiger partial charge in [0.2, 0.25) is 0 Å². The Morgan fingerprint density at radius 2 is 1.33 bits per heavy atom. The Morgan fingerprint density at radius 3 is 1.86 bits per heavy atom. The zero-order valence-corrected chi connectivity index (χ0v) is 24.7. The highest BCUT2D eigenvalue weighted by molar-refractivity contribution is 5.95. The summed E-state index contributed by atoms with van der Waals surface area (Å²) in [4.78, 5) is 19.2. The minimum Gasteiger partial charge on any atom is -0.373 e. The summed E-state index contributed by atoms with van der Waals surface area (Å²) in [6.45, 7) is 7.88. The van der Waals surface area contributed by atoms with Gasteiger partial charge in [0, 0.05) is 57.4 Å². The molecule has 2 aliphatic rings. The number of carbonyl (C=O) groups excluding carboxylic acids is 1. The first-order chi connectivity index (χ1) is 18.7. The number of rotatable bonds is 6. The van der Waals surface area contributed by atoms with Crippen LogP contribution in [0.15, 0.2) is 42.5 Å². The summed E-state index contributed by atoms with van der Waals surface area (Å²) in [6.07, 6.45) is -9.66. The Balaban J connectivity index is 0.00000308. The van der Waals surface area contributed by atoms with Gasteiger partial charge < -0.3 is 9.64 Å². The van der Waals surface area contributed by atoms with Gasteiger partial charge in [-0.05, 0) is 56.2 Å². The molecular formula is C28H34Cl2F7N3O2. The van der Waals surface area contributed by atoms with Crippen LogP contribution in [0.25, 0.3) is 0 Å². The second kappa shape index (κ2) is 14.6. The largest absolute Gasteiger partial charge is 0.416 e. The van der Waals surface area contributed by atoms with E-state index < -0.39 is 46.8 Å². The van der Waals surface area contributed by atoms with Gasteiger partial charge in [0.1, 0.15) is 5.82 Å². The smallest absolute Gasteiger partial charge is 0.373 e. The molecule has 42 heavy (non-hydrogen) atoms. The molecule has 2 heterocycles. The number of ether oxygens (including phenoxy) is 1. The molecule has 4 rings (SSSR count). The van der Waals surface area contributed by atoms with E-state index in [0.29, 0.717) is 37.3 Å². The number of benzene rings is 2. The predicted octanol–water partition coefficient (Wildman–Crippen LogP) is 6.19. The van der Waals surface area contributed by atoms with Crippen LogP contribution in [0.4, 0.5) is 30.7 Å². The third kappa shape index (κ3) is 9.44. The molecule has 2 aliphatic heterocycles. The van der Waals surface area contributed by atoms with Crippen LogP contribution in [-0.2, 0) is 23.5 Å². The number of alkyl halides is 6. The molecular weight excluding hydrogens is 614 g/mol. The summed E-state index contributed by atoms with van der Waals surface area (Å²) in [5.41, 5.74) is -3.04. The standard InChI is InChI=1S/C28H32F7N3O2.2ClH/c1-18-15-37(16-19(2)40-18)8-7-36-9-10-38(25(17-36)11-20-3-5-24(29)6-4-20)26(39)21-12-22(27(30,31)32)14-23(13-21)28(33,34)35;;/h3-6,12-14,18-19,25H,7-11,15-17H2,1-2H3;2*1H/t18-,19+,25-;;/m1../s1. The van der Waals surface area contributed by atoms with Gasteiger partial charge in [-0.25, -0.2) is 4.39 Å². The van der Waals surface area contributed by atoms with Crippen molar-refractivity contribution < 1.29 is 40.3 Å². The van der Waals surface area contributed by atoms with Gasteiger partial charge in [-0.15, -0.1) is 24.8 Å². The van der Waals surface area contributed by atoms with Crippen LogP contribution in [0.2, 0.25) is 0 Å². The summed E-state index contributed by atoms with van der Waals surface area (Å²) < 4.78 is 99.9. The number of piperazine rings is 1. The second-order valence-electron chi connectivity index (χ2n) is 10.6. The first-order valence-corrected chi connectivity index (χ1v) is 13.1. The van der Waals surface area contributed by atoms with Crippen molar-refractivity contribution in [3.63, 3.8) is 0 Å². The monoisotopic (exact) mass is 647 g/mol. The van der Waals surface area contributed by atoms with Gasteiger partial charge >= 0.3 is 12.4 Å². The van der Waals surface area contributed by atoms with E-state index in [4.69, 9.17) is 4.74 Å². The fourth-order valence-corrected chi connectivity index (χ4v) is 5.45. The highest BCUT2D eigenvalue weighted by Crippen LogP contribution is 2.37. The van der Waals surface area contributed by atoms with Crippen molar-refractivity contribution in [2.45, 2.75) is 50.9 Å². The summed E-state index contributed by atoms with van der Waals surface area (Å²) in [5, 5.41) is 0. The molecule has 0 aromatic heterocycles. The lowest BCUT2D eigenvalue weighted by Gasteiger charge is -2.43. The van der Waals surface area contributed by atoms with E-state index in [-0.39, 0.29) is 56.1 Å². The highest BCUT2D eigenvalue weighted by atomic mass is 35.5. The normalized spacial score (nSPS) is 22.3. The van der Waals surface area contributed by atoms with Crippen molar-refractivity contribution in [1.29, 1.82) is 0 Å². The number of amides is 1. The fraction of sp³-hybridized carbons (Fsp3) is 0.536. The van der Waals surface area contributed by atoms with Gasteiger partial charge in [0.25, 0.3) is 5.91 Å². The van der Waals surface area contributed by atoms with Crippen LogP contribution in [0, 0.1) is 5.82 Å². The summed E-state index contributed by atoms with van der Waals surface area (Å²) >= 11 is 0. The number of hydrogen-bond acceptors (Lipinski definition) is 4. The molecule has 0 saturated carbocycles. The number of halogens is 9. The molecule has 3 atom stereocenters. The SMILES string of the molecule is C[C@@H]1CN(CCN2CCN(C(=O)c3cc(C(F)(F)F)cc(C(F)(F)F)c3)[C@H](Cc3ccc(F)cc3)C2)C[C@H](C)O1.Cl.Cl. The Bertz CT molecular complexity index is 1140. The number of morpholine rings is 1. The van der Waals surface area contributed by atoms with E-state index >= 15 is 0 Å². The van der Waals surface area contributed by atoms with E-state index in [0.717, 1.165) is 19.6 Å². The van der Waals surface area contributed by atoms with E-state index in [2.05, 4.69) is 9.80 Å². The molecule has 0 aliphatic carbocycles. The Morgan fingerprint density at radius 1 is 0.810 bits per heavy atom. The molecule has 5 nitrogen and oxygen atoms in total. The van der Waals surface area contributed by atoms with Crippen molar-refractivity contribution in [1.82, 2.24) is 14.7 Å². The average Bonchev–Trinajstić information content (AvgIpc) is 2.87. The van der Waals surface area contributed by atoms with Crippen LogP contribution < -0.4 is 0 Å². The number of hydrogen-bond donors (Lipinski definition) is 0. The molecule has 236 valence electrons. The van der Waals surface area contributed by atoms with Crippen LogP contribution in [0.1, 0.15) is 40.9 Å². The maximum Gasteiger partial charge on any atom is 0.416 e. The molecule has 2 aromatic carbocycles. The quantitative estimate of drug-likeness (QED) is 0.351. The minimum atomic E-state index is -5.06. The summed E-state index contributed by atoms with van der Waals surface area (Å²) in [7, 11) is 0. The van der Waals surface area contributed by atoms with E-state index in [1.54, 1.807) is 12.1 Å². The summed E-state index contributed by atoms with van der Waals surface area (Å²) in [5.74, 6) is -1.35. The molecule has 2 aromatic rings. The fourth-order valence-electron chi connectivity index (χ4n) is 5.45. The van der Waals surface area contributed by atoms with Crippen molar-refractivity contribution >= 4 is 30.7 Å².